The molecule has 1 unspecified atom stereocenters. The average molecular weight is 380 g/mol. The second kappa shape index (κ2) is 6.20. The largest absolute Gasteiger partial charge is 0.471 e. The molecule has 1 aromatic carbocycles. The van der Waals surface area contributed by atoms with Crippen LogP contribution in [0.4, 0.5) is 13.2 Å². The topological polar surface area (TPSA) is 29.5 Å². The Labute approximate surface area is 135 Å². The fourth-order valence-electron chi connectivity index (χ4n) is 2.84. The number of amides is 1. The molecule has 0 bridgehead atoms. The molecule has 1 amide bonds. The molecule has 1 heterocycles. The molecule has 0 fully saturated rings. The average Bonchev–Trinajstić information content (AvgIpc) is 2.55. The zero-order chi connectivity index (χ0) is 16.5. The van der Waals surface area contributed by atoms with Crippen LogP contribution in [-0.4, -0.2) is 36.7 Å². The molecular formula is C15H17BrF3NO2. The summed E-state index contributed by atoms with van der Waals surface area (Å²) in [6.07, 6.45) is -4.50. The van der Waals surface area contributed by atoms with Crippen LogP contribution in [0.5, 0.6) is 0 Å². The maximum atomic E-state index is 12.8. The van der Waals surface area contributed by atoms with Crippen molar-refractivity contribution in [3.05, 3.63) is 33.8 Å². The summed E-state index contributed by atoms with van der Waals surface area (Å²) in [5.74, 6) is -1.81. The number of carbonyl (C=O) groups is 1. The lowest BCUT2D eigenvalue weighted by Gasteiger charge is -2.34. The molecule has 0 aromatic heterocycles. The van der Waals surface area contributed by atoms with Gasteiger partial charge in [-0.15, -0.1) is 0 Å². The van der Waals surface area contributed by atoms with Gasteiger partial charge in [-0.3, -0.25) is 4.79 Å². The van der Waals surface area contributed by atoms with Gasteiger partial charge in [-0.1, -0.05) is 22.0 Å². The fraction of sp³-hybridized carbons (Fsp3) is 0.533. The van der Waals surface area contributed by atoms with Crippen molar-refractivity contribution in [2.75, 3.05) is 19.7 Å². The summed E-state index contributed by atoms with van der Waals surface area (Å²) in [4.78, 5) is 12.5. The first-order valence-electron chi connectivity index (χ1n) is 6.96. The van der Waals surface area contributed by atoms with E-state index in [0.29, 0.717) is 13.0 Å². The molecule has 1 aliphatic heterocycles. The highest BCUT2D eigenvalue weighted by atomic mass is 79.9. The van der Waals surface area contributed by atoms with Gasteiger partial charge in [0.15, 0.2) is 0 Å². The normalized spacial score (nSPS) is 22.2. The Hall–Kier alpha value is -1.08. The second-order valence-electron chi connectivity index (χ2n) is 5.44. The SMILES string of the molecule is CCOC1(C)CN(C(=O)C(F)(F)F)CCc2ccc(Br)cc21. The van der Waals surface area contributed by atoms with E-state index in [1.807, 2.05) is 18.2 Å². The molecule has 1 aliphatic rings. The number of halogens is 4. The molecule has 0 spiro atoms. The lowest BCUT2D eigenvalue weighted by atomic mass is 9.91. The minimum absolute atomic E-state index is 0.0235. The summed E-state index contributed by atoms with van der Waals surface area (Å²) < 4.78 is 44.8. The summed E-state index contributed by atoms with van der Waals surface area (Å²) >= 11 is 3.38. The molecule has 0 saturated carbocycles. The van der Waals surface area contributed by atoms with Crippen molar-refractivity contribution in [1.82, 2.24) is 4.90 Å². The fourth-order valence-corrected chi connectivity index (χ4v) is 3.20. The maximum absolute atomic E-state index is 12.8. The molecule has 7 heteroatoms. The molecule has 0 aliphatic carbocycles. The summed E-state index contributed by atoms with van der Waals surface area (Å²) in [7, 11) is 0. The first-order valence-corrected chi connectivity index (χ1v) is 7.75. The monoisotopic (exact) mass is 379 g/mol. The van der Waals surface area contributed by atoms with Crippen LogP contribution < -0.4 is 0 Å². The molecule has 1 aromatic rings. The first kappa shape index (κ1) is 17.3. The number of carbonyl (C=O) groups excluding carboxylic acids is 1. The highest BCUT2D eigenvalue weighted by molar-refractivity contribution is 9.10. The Morgan fingerprint density at radius 2 is 2.14 bits per heavy atom. The highest BCUT2D eigenvalue weighted by Gasteiger charge is 2.46. The van der Waals surface area contributed by atoms with E-state index < -0.39 is 17.7 Å². The Morgan fingerprint density at radius 3 is 2.73 bits per heavy atom. The number of ether oxygens (including phenoxy) is 1. The summed E-state index contributed by atoms with van der Waals surface area (Å²) in [5, 5.41) is 0. The van der Waals surface area contributed by atoms with Crippen LogP contribution in [0.3, 0.4) is 0 Å². The van der Waals surface area contributed by atoms with Crippen LogP contribution in [0.15, 0.2) is 22.7 Å². The third-order valence-electron chi connectivity index (χ3n) is 3.78. The summed E-state index contributed by atoms with van der Waals surface area (Å²) in [6.45, 7) is 3.75. The molecular weight excluding hydrogens is 363 g/mol. The van der Waals surface area contributed by atoms with Crippen LogP contribution in [-0.2, 0) is 21.6 Å². The molecule has 0 saturated heterocycles. The van der Waals surface area contributed by atoms with Gasteiger partial charge in [0.2, 0.25) is 0 Å². The predicted molar refractivity (Wildman–Crippen MR) is 79.5 cm³/mol. The minimum atomic E-state index is -4.87. The first-order chi connectivity index (χ1) is 10.2. The van der Waals surface area contributed by atoms with Gasteiger partial charge in [0.1, 0.15) is 5.60 Å². The second-order valence-corrected chi connectivity index (χ2v) is 6.36. The maximum Gasteiger partial charge on any atom is 0.471 e. The predicted octanol–water partition coefficient (Wildman–Crippen LogP) is 3.65. The van der Waals surface area contributed by atoms with E-state index in [9.17, 15) is 18.0 Å². The van der Waals surface area contributed by atoms with Crippen LogP contribution >= 0.6 is 15.9 Å². The van der Waals surface area contributed by atoms with Crippen LogP contribution in [0, 0.1) is 0 Å². The Kier molecular flexibility index (Phi) is 4.87. The number of hydrogen-bond donors (Lipinski definition) is 0. The van der Waals surface area contributed by atoms with Crippen molar-refractivity contribution in [2.45, 2.75) is 32.0 Å². The van der Waals surface area contributed by atoms with Crippen LogP contribution in [0.2, 0.25) is 0 Å². The van der Waals surface area contributed by atoms with Crippen molar-refractivity contribution in [2.24, 2.45) is 0 Å². The third-order valence-corrected chi connectivity index (χ3v) is 4.27. The molecule has 0 N–H and O–H groups in total. The lowest BCUT2D eigenvalue weighted by Crippen LogP contribution is -2.47. The van der Waals surface area contributed by atoms with Gasteiger partial charge in [-0.2, -0.15) is 13.2 Å². The van der Waals surface area contributed by atoms with Gasteiger partial charge in [0, 0.05) is 17.6 Å². The van der Waals surface area contributed by atoms with E-state index in [2.05, 4.69) is 15.9 Å². The molecule has 1 atom stereocenters. The number of benzene rings is 1. The van der Waals surface area contributed by atoms with Crippen molar-refractivity contribution in [3.63, 3.8) is 0 Å². The van der Waals surface area contributed by atoms with Gasteiger partial charge in [-0.25, -0.2) is 0 Å². The molecule has 22 heavy (non-hydrogen) atoms. The van der Waals surface area contributed by atoms with E-state index in [4.69, 9.17) is 4.74 Å². The summed E-state index contributed by atoms with van der Waals surface area (Å²) in [5.41, 5.74) is 0.753. The minimum Gasteiger partial charge on any atom is -0.369 e. The Morgan fingerprint density at radius 1 is 1.45 bits per heavy atom. The number of nitrogens with zero attached hydrogens (tertiary/aromatic N) is 1. The quantitative estimate of drug-likeness (QED) is 0.784. The van der Waals surface area contributed by atoms with Crippen molar-refractivity contribution >= 4 is 21.8 Å². The van der Waals surface area contributed by atoms with E-state index in [1.165, 1.54) is 0 Å². The number of hydrogen-bond acceptors (Lipinski definition) is 2. The Balaban J connectivity index is 2.43. The molecule has 122 valence electrons. The molecule has 3 nitrogen and oxygen atoms in total. The van der Waals surface area contributed by atoms with Gasteiger partial charge in [0.05, 0.1) is 6.54 Å². The van der Waals surface area contributed by atoms with Gasteiger partial charge < -0.3 is 9.64 Å². The Bertz CT molecular complexity index is 576. The van der Waals surface area contributed by atoms with Gasteiger partial charge in [-0.05, 0) is 43.5 Å². The van der Waals surface area contributed by atoms with Crippen molar-refractivity contribution in [1.29, 1.82) is 0 Å². The van der Waals surface area contributed by atoms with Gasteiger partial charge >= 0.3 is 12.1 Å². The van der Waals surface area contributed by atoms with Gasteiger partial charge in [0.25, 0.3) is 0 Å². The smallest absolute Gasteiger partial charge is 0.369 e. The summed E-state index contributed by atoms with van der Waals surface area (Å²) in [6, 6.07) is 5.55. The van der Waals surface area contributed by atoms with Crippen molar-refractivity contribution < 1.29 is 22.7 Å². The zero-order valence-corrected chi connectivity index (χ0v) is 13.9. The van der Waals surface area contributed by atoms with E-state index in [1.54, 1.807) is 13.8 Å². The standard InChI is InChI=1S/C15H17BrF3NO2/c1-3-22-14(2)9-20(13(21)15(17,18)19)7-6-10-4-5-11(16)8-12(10)14/h4-5,8H,3,6-7,9H2,1-2H3. The number of alkyl halides is 3. The lowest BCUT2D eigenvalue weighted by molar-refractivity contribution is -0.189. The number of rotatable bonds is 2. The van der Waals surface area contributed by atoms with E-state index >= 15 is 0 Å². The molecule has 2 rings (SSSR count). The third kappa shape index (κ3) is 3.46. The molecule has 0 radical (unpaired) electrons. The highest BCUT2D eigenvalue weighted by Crippen LogP contribution is 2.35. The van der Waals surface area contributed by atoms with Crippen molar-refractivity contribution in [3.8, 4) is 0 Å². The van der Waals surface area contributed by atoms with E-state index in [0.717, 1.165) is 20.5 Å². The zero-order valence-electron chi connectivity index (χ0n) is 12.3. The number of fused-ring (bicyclic) bond motifs is 1. The van der Waals surface area contributed by atoms with Crippen LogP contribution in [0.1, 0.15) is 25.0 Å². The van der Waals surface area contributed by atoms with E-state index in [-0.39, 0.29) is 13.1 Å². The van der Waals surface area contributed by atoms with Crippen LogP contribution in [0.25, 0.3) is 0 Å².